The van der Waals surface area contributed by atoms with E-state index in [4.69, 9.17) is 0 Å². The van der Waals surface area contributed by atoms with Crippen molar-refractivity contribution in [3.05, 3.63) is 16.1 Å². The van der Waals surface area contributed by atoms with Crippen LogP contribution in [0.25, 0.3) is 0 Å². The second-order valence-electron chi connectivity index (χ2n) is 5.12. The van der Waals surface area contributed by atoms with Crippen LogP contribution in [-0.2, 0) is 16.0 Å². The Morgan fingerprint density at radius 3 is 2.95 bits per heavy atom. The SMILES string of the molecule is CCCC1NC(=O)CCN(CCc2nc(C)cs2)C1=O. The molecule has 1 saturated heterocycles. The number of hydrogen-bond acceptors (Lipinski definition) is 4. The van der Waals surface area contributed by atoms with Crippen LogP contribution in [0.2, 0.25) is 0 Å². The summed E-state index contributed by atoms with van der Waals surface area (Å²) >= 11 is 1.62. The fraction of sp³-hybridized carbons (Fsp3) is 0.643. The standard InChI is InChI=1S/C14H21N3O2S/c1-3-4-11-14(19)17(7-5-12(18)16-11)8-6-13-15-10(2)9-20-13/h9,11H,3-8H2,1-2H3,(H,16,18). The molecule has 1 aliphatic rings. The minimum absolute atomic E-state index is 0.0237. The maximum absolute atomic E-state index is 12.4. The number of thiazole rings is 1. The van der Waals surface area contributed by atoms with Gasteiger partial charge in [0.25, 0.3) is 0 Å². The summed E-state index contributed by atoms with van der Waals surface area (Å²) in [4.78, 5) is 30.3. The van der Waals surface area contributed by atoms with Crippen molar-refractivity contribution in [3.63, 3.8) is 0 Å². The van der Waals surface area contributed by atoms with E-state index in [2.05, 4.69) is 10.3 Å². The number of hydrogen-bond donors (Lipinski definition) is 1. The van der Waals surface area contributed by atoms with Crippen LogP contribution in [0.1, 0.15) is 36.9 Å². The molecule has 2 rings (SSSR count). The van der Waals surface area contributed by atoms with Gasteiger partial charge in [-0.05, 0) is 13.3 Å². The van der Waals surface area contributed by atoms with Crippen molar-refractivity contribution in [2.75, 3.05) is 13.1 Å². The fourth-order valence-electron chi connectivity index (χ4n) is 2.35. The van der Waals surface area contributed by atoms with E-state index in [1.807, 2.05) is 19.2 Å². The van der Waals surface area contributed by atoms with Gasteiger partial charge < -0.3 is 10.2 Å². The average Bonchev–Trinajstić information content (AvgIpc) is 2.77. The molecule has 0 bridgehead atoms. The number of nitrogens with one attached hydrogen (secondary N) is 1. The van der Waals surface area contributed by atoms with Crippen molar-refractivity contribution in [2.24, 2.45) is 0 Å². The predicted octanol–water partition coefficient (Wildman–Crippen LogP) is 1.51. The molecule has 1 atom stereocenters. The van der Waals surface area contributed by atoms with Crippen LogP contribution in [0.3, 0.4) is 0 Å². The molecule has 0 saturated carbocycles. The van der Waals surface area contributed by atoms with Gasteiger partial charge in [-0.25, -0.2) is 4.98 Å². The topological polar surface area (TPSA) is 62.3 Å². The maximum atomic E-state index is 12.4. The van der Waals surface area contributed by atoms with Gasteiger partial charge >= 0.3 is 0 Å². The molecule has 20 heavy (non-hydrogen) atoms. The molecular formula is C14H21N3O2S. The lowest BCUT2D eigenvalue weighted by atomic mass is 10.1. The van der Waals surface area contributed by atoms with Crippen LogP contribution in [0.5, 0.6) is 0 Å². The van der Waals surface area contributed by atoms with Crippen LogP contribution in [0, 0.1) is 6.92 Å². The smallest absolute Gasteiger partial charge is 0.245 e. The minimum Gasteiger partial charge on any atom is -0.344 e. The van der Waals surface area contributed by atoms with Gasteiger partial charge in [0.05, 0.1) is 5.01 Å². The number of aryl methyl sites for hydroxylation is 1. The summed E-state index contributed by atoms with van der Waals surface area (Å²) in [5.74, 6) is 0.0235. The molecule has 0 aliphatic carbocycles. The van der Waals surface area contributed by atoms with Gasteiger partial charge in [-0.2, -0.15) is 0 Å². The predicted molar refractivity (Wildman–Crippen MR) is 78.6 cm³/mol. The van der Waals surface area contributed by atoms with E-state index in [-0.39, 0.29) is 17.9 Å². The average molecular weight is 295 g/mol. The molecule has 1 aromatic rings. The molecule has 6 heteroatoms. The van der Waals surface area contributed by atoms with Gasteiger partial charge in [-0.3, -0.25) is 9.59 Å². The highest BCUT2D eigenvalue weighted by Crippen LogP contribution is 2.13. The van der Waals surface area contributed by atoms with Crippen molar-refractivity contribution in [1.82, 2.24) is 15.2 Å². The van der Waals surface area contributed by atoms with E-state index in [1.165, 1.54) is 0 Å². The van der Waals surface area contributed by atoms with Gasteiger partial charge in [0.1, 0.15) is 6.04 Å². The monoisotopic (exact) mass is 295 g/mol. The molecular weight excluding hydrogens is 274 g/mol. The first-order valence-electron chi connectivity index (χ1n) is 7.09. The number of carbonyl (C=O) groups is 2. The summed E-state index contributed by atoms with van der Waals surface area (Å²) in [7, 11) is 0. The van der Waals surface area contributed by atoms with Crippen LogP contribution in [0.15, 0.2) is 5.38 Å². The molecule has 1 fully saturated rings. The number of amides is 2. The molecule has 5 nitrogen and oxygen atoms in total. The first kappa shape index (κ1) is 15.0. The number of aromatic nitrogens is 1. The molecule has 0 radical (unpaired) electrons. The van der Waals surface area contributed by atoms with Crippen molar-refractivity contribution in [2.45, 2.75) is 45.6 Å². The minimum atomic E-state index is -0.354. The molecule has 2 heterocycles. The van der Waals surface area contributed by atoms with Crippen LogP contribution in [0.4, 0.5) is 0 Å². The summed E-state index contributed by atoms with van der Waals surface area (Å²) < 4.78 is 0. The summed E-state index contributed by atoms with van der Waals surface area (Å²) in [6.45, 7) is 5.14. The molecule has 110 valence electrons. The third kappa shape index (κ3) is 3.79. The Balaban J connectivity index is 1.97. The Bertz CT molecular complexity index is 487. The van der Waals surface area contributed by atoms with Crippen LogP contribution < -0.4 is 5.32 Å². The van der Waals surface area contributed by atoms with E-state index in [9.17, 15) is 9.59 Å². The molecule has 1 aromatic heterocycles. The van der Waals surface area contributed by atoms with Gasteiger partial charge in [-0.15, -0.1) is 11.3 Å². The Morgan fingerprint density at radius 1 is 1.50 bits per heavy atom. The fourth-order valence-corrected chi connectivity index (χ4v) is 3.11. The second kappa shape index (κ2) is 6.83. The molecule has 0 spiro atoms. The molecule has 1 unspecified atom stereocenters. The Labute approximate surface area is 123 Å². The van der Waals surface area contributed by atoms with Gasteiger partial charge in [0, 0.05) is 37.0 Å². The molecule has 1 aliphatic heterocycles. The first-order chi connectivity index (χ1) is 9.60. The zero-order chi connectivity index (χ0) is 14.5. The Morgan fingerprint density at radius 2 is 2.30 bits per heavy atom. The van der Waals surface area contributed by atoms with E-state index in [1.54, 1.807) is 16.2 Å². The van der Waals surface area contributed by atoms with Gasteiger partial charge in [0.2, 0.25) is 11.8 Å². The van der Waals surface area contributed by atoms with E-state index < -0.39 is 0 Å². The van der Waals surface area contributed by atoms with E-state index in [0.29, 0.717) is 25.9 Å². The van der Waals surface area contributed by atoms with Gasteiger partial charge in [-0.1, -0.05) is 13.3 Å². The zero-order valence-corrected chi connectivity index (χ0v) is 12.8. The normalized spacial score (nSPS) is 19.9. The molecule has 0 aromatic carbocycles. The lowest BCUT2D eigenvalue weighted by Gasteiger charge is -2.23. The van der Waals surface area contributed by atoms with E-state index in [0.717, 1.165) is 23.5 Å². The van der Waals surface area contributed by atoms with Crippen LogP contribution in [-0.4, -0.2) is 40.8 Å². The van der Waals surface area contributed by atoms with Crippen molar-refractivity contribution < 1.29 is 9.59 Å². The molecule has 1 N–H and O–H groups in total. The lowest BCUT2D eigenvalue weighted by Crippen LogP contribution is -2.45. The lowest BCUT2D eigenvalue weighted by molar-refractivity contribution is -0.133. The largest absolute Gasteiger partial charge is 0.344 e. The Kier molecular flexibility index (Phi) is 5.11. The summed E-state index contributed by atoms with van der Waals surface area (Å²) in [5, 5.41) is 5.88. The third-order valence-corrected chi connectivity index (χ3v) is 4.42. The third-order valence-electron chi connectivity index (χ3n) is 3.39. The zero-order valence-electron chi connectivity index (χ0n) is 12.0. The molecule has 2 amide bonds. The Hall–Kier alpha value is -1.43. The maximum Gasteiger partial charge on any atom is 0.245 e. The second-order valence-corrected chi connectivity index (χ2v) is 6.06. The van der Waals surface area contributed by atoms with Crippen molar-refractivity contribution in [1.29, 1.82) is 0 Å². The highest BCUT2D eigenvalue weighted by atomic mass is 32.1. The summed E-state index contributed by atoms with van der Waals surface area (Å²) in [5.41, 5.74) is 1.02. The van der Waals surface area contributed by atoms with Crippen LogP contribution >= 0.6 is 11.3 Å². The number of nitrogens with zero attached hydrogens (tertiary/aromatic N) is 2. The number of carbonyl (C=O) groups excluding carboxylic acids is 2. The number of rotatable bonds is 5. The quantitative estimate of drug-likeness (QED) is 0.895. The van der Waals surface area contributed by atoms with E-state index >= 15 is 0 Å². The van der Waals surface area contributed by atoms with Gasteiger partial charge in [0.15, 0.2) is 0 Å². The highest BCUT2D eigenvalue weighted by Gasteiger charge is 2.28. The van der Waals surface area contributed by atoms with Crippen molar-refractivity contribution in [3.8, 4) is 0 Å². The van der Waals surface area contributed by atoms with Crippen molar-refractivity contribution >= 4 is 23.2 Å². The summed E-state index contributed by atoms with van der Waals surface area (Å²) in [6, 6.07) is -0.354. The first-order valence-corrected chi connectivity index (χ1v) is 7.97. The highest BCUT2D eigenvalue weighted by molar-refractivity contribution is 7.09. The summed E-state index contributed by atoms with van der Waals surface area (Å²) in [6.07, 6.45) is 2.74.